The largest absolute Gasteiger partial charge is 0.480 e. The third-order valence-corrected chi connectivity index (χ3v) is 4.25. The van der Waals surface area contributed by atoms with Crippen LogP contribution >= 0.6 is 0 Å². The standard InChI is InChI=1S/C13H24N2O2/c1-3-6-15(9(2)13(16)17)12-7-10-4-5-11(8-12)14-10/h9-12,14H,3-8H2,1-2H3,(H,16,17). The number of aliphatic carboxylic acids is 1. The summed E-state index contributed by atoms with van der Waals surface area (Å²) in [6, 6.07) is 1.36. The fourth-order valence-corrected chi connectivity index (χ4v) is 3.39. The Bertz CT molecular complexity index is 271. The molecule has 98 valence electrons. The van der Waals surface area contributed by atoms with Crippen LogP contribution in [-0.2, 0) is 4.79 Å². The molecule has 2 bridgehead atoms. The molecule has 2 heterocycles. The summed E-state index contributed by atoms with van der Waals surface area (Å²) < 4.78 is 0. The van der Waals surface area contributed by atoms with Gasteiger partial charge < -0.3 is 10.4 Å². The molecule has 0 radical (unpaired) electrons. The Kier molecular flexibility index (Phi) is 4.05. The number of carboxylic acid groups (broad SMARTS) is 1. The second-order valence-corrected chi connectivity index (χ2v) is 5.52. The lowest BCUT2D eigenvalue weighted by molar-refractivity contribution is -0.144. The quantitative estimate of drug-likeness (QED) is 0.764. The topological polar surface area (TPSA) is 52.6 Å². The number of fused-ring (bicyclic) bond motifs is 2. The van der Waals surface area contributed by atoms with Crippen LogP contribution < -0.4 is 5.32 Å². The van der Waals surface area contributed by atoms with Crippen molar-refractivity contribution in [3.05, 3.63) is 0 Å². The second kappa shape index (κ2) is 5.36. The molecule has 3 unspecified atom stereocenters. The minimum absolute atomic E-state index is 0.350. The molecule has 2 saturated heterocycles. The Hall–Kier alpha value is -0.610. The monoisotopic (exact) mass is 240 g/mol. The minimum Gasteiger partial charge on any atom is -0.480 e. The van der Waals surface area contributed by atoms with Crippen molar-refractivity contribution in [1.29, 1.82) is 0 Å². The molecule has 4 nitrogen and oxygen atoms in total. The molecule has 0 spiro atoms. The zero-order valence-corrected chi connectivity index (χ0v) is 10.9. The van der Waals surface area contributed by atoms with Crippen molar-refractivity contribution in [2.75, 3.05) is 6.54 Å². The van der Waals surface area contributed by atoms with Gasteiger partial charge in [0.2, 0.25) is 0 Å². The van der Waals surface area contributed by atoms with Gasteiger partial charge >= 0.3 is 5.97 Å². The van der Waals surface area contributed by atoms with E-state index in [1.54, 1.807) is 0 Å². The van der Waals surface area contributed by atoms with Gasteiger partial charge in [0.15, 0.2) is 0 Å². The number of rotatable bonds is 5. The molecule has 3 atom stereocenters. The highest BCUT2D eigenvalue weighted by molar-refractivity contribution is 5.72. The maximum Gasteiger partial charge on any atom is 0.320 e. The molecule has 0 aromatic carbocycles. The first kappa shape index (κ1) is 12.8. The summed E-state index contributed by atoms with van der Waals surface area (Å²) in [6.07, 6.45) is 5.80. The van der Waals surface area contributed by atoms with Gasteiger partial charge in [-0.2, -0.15) is 0 Å². The van der Waals surface area contributed by atoms with Crippen molar-refractivity contribution < 1.29 is 9.90 Å². The maximum atomic E-state index is 11.2. The van der Waals surface area contributed by atoms with Crippen molar-refractivity contribution >= 4 is 5.97 Å². The first-order valence-electron chi connectivity index (χ1n) is 6.86. The van der Waals surface area contributed by atoms with Crippen molar-refractivity contribution in [1.82, 2.24) is 10.2 Å². The summed E-state index contributed by atoms with van der Waals surface area (Å²) in [7, 11) is 0. The van der Waals surface area contributed by atoms with E-state index >= 15 is 0 Å². The molecule has 2 aliphatic rings. The van der Waals surface area contributed by atoms with Crippen LogP contribution in [-0.4, -0.2) is 46.7 Å². The van der Waals surface area contributed by atoms with Crippen LogP contribution in [0.1, 0.15) is 46.0 Å². The normalized spacial score (nSPS) is 33.9. The van der Waals surface area contributed by atoms with Gasteiger partial charge in [-0.3, -0.25) is 9.69 Å². The van der Waals surface area contributed by atoms with Gasteiger partial charge in [-0.05, 0) is 45.6 Å². The number of hydrogen-bond donors (Lipinski definition) is 2. The van der Waals surface area contributed by atoms with Crippen LogP contribution in [0.4, 0.5) is 0 Å². The lowest BCUT2D eigenvalue weighted by Crippen LogP contribution is -2.53. The van der Waals surface area contributed by atoms with E-state index in [0.717, 1.165) is 25.8 Å². The number of nitrogens with zero attached hydrogens (tertiary/aromatic N) is 1. The molecule has 0 amide bonds. The average molecular weight is 240 g/mol. The lowest BCUT2D eigenvalue weighted by atomic mass is 9.96. The molecular formula is C13H24N2O2. The molecule has 2 rings (SSSR count). The molecule has 0 aliphatic carbocycles. The fourth-order valence-electron chi connectivity index (χ4n) is 3.39. The fraction of sp³-hybridized carbons (Fsp3) is 0.923. The van der Waals surface area contributed by atoms with E-state index in [-0.39, 0.29) is 6.04 Å². The smallest absolute Gasteiger partial charge is 0.320 e. The number of carboxylic acids is 1. The molecule has 2 aliphatic heterocycles. The third-order valence-electron chi connectivity index (χ3n) is 4.25. The molecule has 2 N–H and O–H groups in total. The Labute approximate surface area is 103 Å². The summed E-state index contributed by atoms with van der Waals surface area (Å²) in [6.45, 7) is 4.84. The highest BCUT2D eigenvalue weighted by Crippen LogP contribution is 2.30. The Morgan fingerprint density at radius 1 is 1.41 bits per heavy atom. The first-order valence-corrected chi connectivity index (χ1v) is 6.86. The minimum atomic E-state index is -0.690. The van der Waals surface area contributed by atoms with E-state index in [4.69, 9.17) is 0 Å². The van der Waals surface area contributed by atoms with Crippen LogP contribution in [0.2, 0.25) is 0 Å². The van der Waals surface area contributed by atoms with Crippen molar-refractivity contribution in [2.45, 2.75) is 70.1 Å². The summed E-state index contributed by atoms with van der Waals surface area (Å²) in [5.41, 5.74) is 0. The predicted octanol–water partition coefficient (Wildman–Crippen LogP) is 1.45. The van der Waals surface area contributed by atoms with E-state index in [1.165, 1.54) is 12.8 Å². The lowest BCUT2D eigenvalue weighted by Gasteiger charge is -2.39. The van der Waals surface area contributed by atoms with E-state index in [0.29, 0.717) is 18.1 Å². The second-order valence-electron chi connectivity index (χ2n) is 5.52. The van der Waals surface area contributed by atoms with Crippen LogP contribution in [0, 0.1) is 0 Å². The number of piperidine rings is 1. The molecule has 0 aromatic rings. The third kappa shape index (κ3) is 2.80. The van der Waals surface area contributed by atoms with Gasteiger partial charge in [0.25, 0.3) is 0 Å². The van der Waals surface area contributed by atoms with E-state index in [9.17, 15) is 9.90 Å². The Balaban J connectivity index is 2.02. The molecule has 2 fully saturated rings. The highest BCUT2D eigenvalue weighted by atomic mass is 16.4. The Morgan fingerprint density at radius 3 is 2.47 bits per heavy atom. The maximum absolute atomic E-state index is 11.2. The Morgan fingerprint density at radius 2 is 2.00 bits per heavy atom. The van der Waals surface area contributed by atoms with Gasteiger partial charge in [0, 0.05) is 18.1 Å². The zero-order valence-electron chi connectivity index (χ0n) is 10.9. The van der Waals surface area contributed by atoms with Crippen LogP contribution in [0.15, 0.2) is 0 Å². The van der Waals surface area contributed by atoms with Crippen LogP contribution in [0.3, 0.4) is 0 Å². The number of carbonyl (C=O) groups is 1. The van der Waals surface area contributed by atoms with E-state index < -0.39 is 5.97 Å². The zero-order chi connectivity index (χ0) is 12.4. The van der Waals surface area contributed by atoms with Gasteiger partial charge in [-0.15, -0.1) is 0 Å². The molecular weight excluding hydrogens is 216 g/mol. The molecule has 4 heteroatoms. The summed E-state index contributed by atoms with van der Waals surface area (Å²) in [4.78, 5) is 13.4. The van der Waals surface area contributed by atoms with Gasteiger partial charge in [0.05, 0.1) is 0 Å². The predicted molar refractivity (Wildman–Crippen MR) is 67.1 cm³/mol. The van der Waals surface area contributed by atoms with E-state index in [1.807, 2.05) is 6.92 Å². The molecule has 17 heavy (non-hydrogen) atoms. The summed E-state index contributed by atoms with van der Waals surface area (Å²) in [5, 5.41) is 12.8. The highest BCUT2D eigenvalue weighted by Gasteiger charge is 2.38. The number of hydrogen-bond acceptors (Lipinski definition) is 3. The van der Waals surface area contributed by atoms with Crippen molar-refractivity contribution in [3.8, 4) is 0 Å². The van der Waals surface area contributed by atoms with Gasteiger partial charge in [-0.1, -0.05) is 6.92 Å². The van der Waals surface area contributed by atoms with E-state index in [2.05, 4.69) is 17.1 Å². The van der Waals surface area contributed by atoms with Crippen molar-refractivity contribution in [3.63, 3.8) is 0 Å². The number of nitrogens with one attached hydrogen (secondary N) is 1. The molecule has 0 saturated carbocycles. The molecule has 0 aromatic heterocycles. The van der Waals surface area contributed by atoms with Crippen LogP contribution in [0.25, 0.3) is 0 Å². The SMILES string of the molecule is CCCN(C1CC2CCC(C1)N2)C(C)C(=O)O. The van der Waals surface area contributed by atoms with Crippen LogP contribution in [0.5, 0.6) is 0 Å². The van der Waals surface area contributed by atoms with Gasteiger partial charge in [-0.25, -0.2) is 0 Å². The van der Waals surface area contributed by atoms with Crippen molar-refractivity contribution in [2.24, 2.45) is 0 Å². The summed E-state index contributed by atoms with van der Waals surface area (Å²) in [5.74, 6) is -0.690. The summed E-state index contributed by atoms with van der Waals surface area (Å²) >= 11 is 0. The first-order chi connectivity index (χ1) is 8.11. The van der Waals surface area contributed by atoms with Gasteiger partial charge in [0.1, 0.15) is 6.04 Å². The average Bonchev–Trinajstić information content (AvgIpc) is 2.64.